The molecule has 2 amide bonds. The van der Waals surface area contributed by atoms with E-state index in [1.165, 1.54) is 0 Å². The summed E-state index contributed by atoms with van der Waals surface area (Å²) in [6.07, 6.45) is 1.14. The van der Waals surface area contributed by atoms with E-state index in [0.717, 1.165) is 5.56 Å². The number of nitrogens with two attached hydrogens (primary N) is 1. The molecule has 0 aliphatic heterocycles. The zero-order valence-corrected chi connectivity index (χ0v) is 10.7. The highest BCUT2D eigenvalue weighted by atomic mass is 16.4. The lowest BCUT2D eigenvalue weighted by Crippen LogP contribution is -2.30. The molecule has 104 valence electrons. The molecule has 5 N–H and O–H groups in total. The SMILES string of the molecule is NCCCNC(=O)Nc1ccccc1CCC(=O)O. The van der Waals surface area contributed by atoms with Gasteiger partial charge in [0.2, 0.25) is 0 Å². The van der Waals surface area contributed by atoms with Crippen LogP contribution in [0.25, 0.3) is 0 Å². The minimum Gasteiger partial charge on any atom is -0.481 e. The van der Waals surface area contributed by atoms with Crippen molar-refractivity contribution in [1.82, 2.24) is 5.32 Å². The van der Waals surface area contributed by atoms with Crippen LogP contribution in [0.5, 0.6) is 0 Å². The molecule has 0 unspecified atom stereocenters. The second kappa shape index (κ2) is 8.10. The van der Waals surface area contributed by atoms with Crippen molar-refractivity contribution in [2.24, 2.45) is 5.73 Å². The van der Waals surface area contributed by atoms with E-state index < -0.39 is 5.97 Å². The molecule has 6 heteroatoms. The molecule has 0 aromatic heterocycles. The van der Waals surface area contributed by atoms with Crippen LogP contribution in [0.3, 0.4) is 0 Å². The van der Waals surface area contributed by atoms with Crippen molar-refractivity contribution >= 4 is 17.7 Å². The molecule has 0 heterocycles. The molecule has 19 heavy (non-hydrogen) atoms. The van der Waals surface area contributed by atoms with Crippen LogP contribution in [0.4, 0.5) is 10.5 Å². The average molecular weight is 265 g/mol. The van der Waals surface area contributed by atoms with Gasteiger partial charge in [-0.3, -0.25) is 4.79 Å². The number of aryl methyl sites for hydroxylation is 1. The third-order valence-electron chi connectivity index (χ3n) is 2.54. The van der Waals surface area contributed by atoms with Crippen molar-refractivity contribution in [2.45, 2.75) is 19.3 Å². The number of amides is 2. The van der Waals surface area contributed by atoms with Gasteiger partial charge in [0.25, 0.3) is 0 Å². The maximum absolute atomic E-state index is 11.6. The van der Waals surface area contributed by atoms with Gasteiger partial charge in [-0.2, -0.15) is 0 Å². The Bertz CT molecular complexity index is 435. The number of hydrogen-bond donors (Lipinski definition) is 4. The minimum absolute atomic E-state index is 0.0352. The summed E-state index contributed by atoms with van der Waals surface area (Å²) in [6.45, 7) is 1.04. The molecule has 0 aliphatic rings. The smallest absolute Gasteiger partial charge is 0.319 e. The Morgan fingerprint density at radius 3 is 2.68 bits per heavy atom. The van der Waals surface area contributed by atoms with E-state index >= 15 is 0 Å². The molecule has 0 radical (unpaired) electrons. The van der Waals surface area contributed by atoms with Gasteiger partial charge in [-0.15, -0.1) is 0 Å². The minimum atomic E-state index is -0.859. The first-order chi connectivity index (χ1) is 9.13. The highest BCUT2D eigenvalue weighted by Gasteiger charge is 2.07. The Kier molecular flexibility index (Phi) is 6.38. The molecular formula is C13H19N3O3. The van der Waals surface area contributed by atoms with Crippen molar-refractivity contribution in [3.63, 3.8) is 0 Å². The molecule has 1 aromatic rings. The van der Waals surface area contributed by atoms with E-state index in [1.54, 1.807) is 18.2 Å². The monoisotopic (exact) mass is 265 g/mol. The largest absolute Gasteiger partial charge is 0.481 e. The summed E-state index contributed by atoms with van der Waals surface area (Å²) in [5, 5.41) is 14.1. The average Bonchev–Trinajstić information content (AvgIpc) is 2.38. The second-order valence-corrected chi connectivity index (χ2v) is 4.07. The number of rotatable bonds is 7. The summed E-state index contributed by atoms with van der Waals surface area (Å²) in [5.41, 5.74) is 6.77. The third-order valence-corrected chi connectivity index (χ3v) is 2.54. The van der Waals surface area contributed by atoms with Crippen LogP contribution >= 0.6 is 0 Å². The maximum Gasteiger partial charge on any atom is 0.319 e. The lowest BCUT2D eigenvalue weighted by molar-refractivity contribution is -0.136. The molecule has 0 saturated carbocycles. The first-order valence-corrected chi connectivity index (χ1v) is 6.18. The number of para-hydroxylation sites is 1. The lowest BCUT2D eigenvalue weighted by atomic mass is 10.1. The standard InChI is InChI=1S/C13H19N3O3/c14-8-3-9-15-13(19)16-11-5-2-1-4-10(11)6-7-12(17)18/h1-2,4-5H,3,6-9,14H2,(H,17,18)(H2,15,16,19). The molecule has 0 spiro atoms. The van der Waals surface area contributed by atoms with E-state index in [1.807, 2.05) is 6.07 Å². The van der Waals surface area contributed by atoms with Gasteiger partial charge in [-0.1, -0.05) is 18.2 Å². The molecular weight excluding hydrogens is 246 g/mol. The summed E-state index contributed by atoms with van der Waals surface area (Å²) in [5.74, 6) is -0.859. The van der Waals surface area contributed by atoms with Crippen LogP contribution < -0.4 is 16.4 Å². The topological polar surface area (TPSA) is 104 Å². The molecule has 0 fully saturated rings. The van der Waals surface area contributed by atoms with Gasteiger partial charge in [0.05, 0.1) is 0 Å². The van der Waals surface area contributed by atoms with Crippen molar-refractivity contribution in [3.8, 4) is 0 Å². The van der Waals surface area contributed by atoms with Gasteiger partial charge < -0.3 is 21.5 Å². The van der Waals surface area contributed by atoms with Crippen molar-refractivity contribution in [1.29, 1.82) is 0 Å². The van der Waals surface area contributed by atoms with E-state index in [0.29, 0.717) is 31.6 Å². The summed E-state index contributed by atoms with van der Waals surface area (Å²) >= 11 is 0. The van der Waals surface area contributed by atoms with Crippen molar-refractivity contribution < 1.29 is 14.7 Å². The number of carbonyl (C=O) groups is 2. The number of benzene rings is 1. The number of anilines is 1. The fraction of sp³-hybridized carbons (Fsp3) is 0.385. The Balaban J connectivity index is 2.56. The van der Waals surface area contributed by atoms with Crippen LogP contribution in [0, 0.1) is 0 Å². The molecule has 1 rings (SSSR count). The number of urea groups is 1. The van der Waals surface area contributed by atoms with Gasteiger partial charge in [0, 0.05) is 18.7 Å². The van der Waals surface area contributed by atoms with E-state index in [9.17, 15) is 9.59 Å². The number of carbonyl (C=O) groups excluding carboxylic acids is 1. The number of carboxylic acids is 1. The van der Waals surface area contributed by atoms with Gasteiger partial charge in [0.15, 0.2) is 0 Å². The highest BCUT2D eigenvalue weighted by Crippen LogP contribution is 2.16. The second-order valence-electron chi connectivity index (χ2n) is 4.07. The molecule has 0 aliphatic carbocycles. The Morgan fingerprint density at radius 1 is 1.26 bits per heavy atom. The van der Waals surface area contributed by atoms with Gasteiger partial charge in [0.1, 0.15) is 0 Å². The van der Waals surface area contributed by atoms with Crippen LogP contribution in [-0.4, -0.2) is 30.2 Å². The van der Waals surface area contributed by atoms with Crippen LogP contribution in [0.1, 0.15) is 18.4 Å². The Hall–Kier alpha value is -2.08. The third kappa shape index (κ3) is 5.87. The molecule has 0 bridgehead atoms. The predicted octanol–water partition coefficient (Wildman–Crippen LogP) is 1.17. The lowest BCUT2D eigenvalue weighted by Gasteiger charge is -2.11. The Morgan fingerprint density at radius 2 is 2.00 bits per heavy atom. The zero-order valence-electron chi connectivity index (χ0n) is 10.7. The molecule has 0 atom stereocenters. The fourth-order valence-corrected chi connectivity index (χ4v) is 1.57. The van der Waals surface area contributed by atoms with Crippen molar-refractivity contribution in [3.05, 3.63) is 29.8 Å². The first kappa shape index (κ1) is 15.0. The number of hydrogen-bond acceptors (Lipinski definition) is 3. The highest BCUT2D eigenvalue weighted by molar-refractivity contribution is 5.90. The van der Waals surface area contributed by atoms with Gasteiger partial charge in [-0.25, -0.2) is 4.79 Å². The zero-order chi connectivity index (χ0) is 14.1. The summed E-state index contributed by atoms with van der Waals surface area (Å²) < 4.78 is 0. The van der Waals surface area contributed by atoms with E-state index in [2.05, 4.69) is 10.6 Å². The normalized spacial score (nSPS) is 9.95. The van der Waals surface area contributed by atoms with E-state index in [-0.39, 0.29) is 12.5 Å². The number of aliphatic carboxylic acids is 1. The summed E-state index contributed by atoms with van der Waals surface area (Å²) in [6, 6.07) is 6.85. The molecule has 6 nitrogen and oxygen atoms in total. The molecule has 0 saturated heterocycles. The predicted molar refractivity (Wildman–Crippen MR) is 73.1 cm³/mol. The Labute approximate surface area is 112 Å². The van der Waals surface area contributed by atoms with Crippen LogP contribution in [0.2, 0.25) is 0 Å². The number of carboxylic acid groups (broad SMARTS) is 1. The summed E-state index contributed by atoms with van der Waals surface area (Å²) in [7, 11) is 0. The van der Waals surface area contributed by atoms with E-state index in [4.69, 9.17) is 10.8 Å². The molecule has 1 aromatic carbocycles. The maximum atomic E-state index is 11.6. The van der Waals surface area contributed by atoms with Gasteiger partial charge >= 0.3 is 12.0 Å². The number of nitrogens with one attached hydrogen (secondary N) is 2. The van der Waals surface area contributed by atoms with Crippen molar-refractivity contribution in [2.75, 3.05) is 18.4 Å². The fourth-order valence-electron chi connectivity index (χ4n) is 1.57. The first-order valence-electron chi connectivity index (χ1n) is 6.18. The van der Waals surface area contributed by atoms with Gasteiger partial charge in [-0.05, 0) is 31.0 Å². The van der Waals surface area contributed by atoms with Crippen LogP contribution in [0.15, 0.2) is 24.3 Å². The van der Waals surface area contributed by atoms with Crippen LogP contribution in [-0.2, 0) is 11.2 Å². The summed E-state index contributed by atoms with van der Waals surface area (Å²) in [4.78, 5) is 22.2. The quantitative estimate of drug-likeness (QED) is 0.555.